The van der Waals surface area contributed by atoms with Crippen LogP contribution in [-0.4, -0.2) is 6.67 Å². The minimum Gasteiger partial charge on any atom is -0.251 e. The highest BCUT2D eigenvalue weighted by atomic mass is 19.1. The molecule has 0 bridgehead atoms. The summed E-state index contributed by atoms with van der Waals surface area (Å²) in [5, 5.41) is 2.87. The van der Waals surface area contributed by atoms with Crippen molar-refractivity contribution in [2.24, 2.45) is 0 Å². The van der Waals surface area contributed by atoms with E-state index in [1.165, 1.54) is 146 Å². The fraction of sp³-hybridized carbons (Fsp3) is 0.714. The van der Waals surface area contributed by atoms with Gasteiger partial charge in [-0.15, -0.1) is 0 Å². The summed E-state index contributed by atoms with van der Waals surface area (Å²) in [7, 11) is 0. The van der Waals surface area contributed by atoms with Gasteiger partial charge < -0.3 is 0 Å². The highest BCUT2D eigenvalue weighted by Gasteiger charge is 2.08. The molecule has 0 N–H and O–H groups in total. The van der Waals surface area contributed by atoms with Crippen molar-refractivity contribution in [3.63, 3.8) is 0 Å². The number of hydrogen-bond donors (Lipinski definition) is 0. The molecule has 0 aliphatic carbocycles. The molecule has 0 saturated heterocycles. The number of unbranched alkanes of at least 4 members (excludes halogenated alkanes) is 19. The maximum Gasteiger partial charge on any atom is 0.0894 e. The first kappa shape index (κ1) is 30.9. The topological polar surface area (TPSA) is 0 Å². The van der Waals surface area contributed by atoms with Gasteiger partial charge in [-0.25, -0.2) is 0 Å². The lowest BCUT2D eigenvalue weighted by atomic mass is 9.91. The van der Waals surface area contributed by atoms with Crippen molar-refractivity contribution in [2.75, 3.05) is 6.67 Å². The molecule has 0 amide bonds. The van der Waals surface area contributed by atoms with Crippen molar-refractivity contribution >= 4 is 10.8 Å². The van der Waals surface area contributed by atoms with Crippen LogP contribution in [0.4, 0.5) is 4.39 Å². The molecule has 1 heteroatoms. The van der Waals surface area contributed by atoms with Gasteiger partial charge in [-0.3, -0.25) is 4.39 Å². The Labute approximate surface area is 223 Å². The predicted octanol–water partition coefficient (Wildman–Crippen LogP) is 12.1. The van der Waals surface area contributed by atoms with E-state index in [1.807, 2.05) is 0 Å². The molecule has 2 aromatic carbocycles. The molecule has 0 spiro atoms. The highest BCUT2D eigenvalue weighted by Crippen LogP contribution is 2.26. The number of hydrogen-bond acceptors (Lipinski definition) is 0. The van der Waals surface area contributed by atoms with Gasteiger partial charge in [0.15, 0.2) is 0 Å². The first-order valence-electron chi connectivity index (χ1n) is 15.9. The van der Waals surface area contributed by atoms with Gasteiger partial charge in [-0.1, -0.05) is 159 Å². The van der Waals surface area contributed by atoms with Crippen molar-refractivity contribution < 1.29 is 4.39 Å². The minimum atomic E-state index is -0.150. The Balaban J connectivity index is 1.61. The lowest BCUT2D eigenvalue weighted by molar-refractivity contribution is 0.449. The Hall–Kier alpha value is -1.37. The Morgan fingerprint density at radius 1 is 0.472 bits per heavy atom. The van der Waals surface area contributed by atoms with Crippen LogP contribution < -0.4 is 0 Å². The van der Waals surface area contributed by atoms with Crippen LogP contribution in [0.25, 0.3) is 10.8 Å². The van der Waals surface area contributed by atoms with Crippen molar-refractivity contribution in [1.82, 2.24) is 0 Å². The molecular formula is C35H57F. The summed E-state index contributed by atoms with van der Waals surface area (Å²) in [5.41, 5.74) is 3.20. The molecule has 0 saturated carbocycles. The average molecular weight is 497 g/mol. The van der Waals surface area contributed by atoms with Gasteiger partial charge in [-0.05, 0) is 54.0 Å². The molecule has 0 aromatic heterocycles. The molecule has 2 aromatic rings. The zero-order valence-electron chi connectivity index (χ0n) is 23.8. The summed E-state index contributed by atoms with van der Waals surface area (Å²) >= 11 is 0. The Morgan fingerprint density at radius 2 is 0.944 bits per heavy atom. The minimum absolute atomic E-state index is 0.150. The number of halogens is 1. The average Bonchev–Trinajstić information content (AvgIpc) is 2.91. The molecule has 0 nitrogen and oxygen atoms in total. The molecule has 0 heterocycles. The third-order valence-electron chi connectivity index (χ3n) is 8.00. The van der Waals surface area contributed by atoms with Gasteiger partial charge in [0.2, 0.25) is 0 Å². The maximum absolute atomic E-state index is 12.2. The number of alkyl halides is 1. The Bertz CT molecular complexity index is 764. The molecule has 0 fully saturated rings. The van der Waals surface area contributed by atoms with Crippen LogP contribution in [0.2, 0.25) is 0 Å². The number of aryl methyl sites for hydroxylation is 2. The summed E-state index contributed by atoms with van der Waals surface area (Å²) in [6.07, 6.45) is 30.5. The van der Waals surface area contributed by atoms with Crippen LogP contribution in [0.3, 0.4) is 0 Å². The summed E-state index contributed by atoms with van der Waals surface area (Å²) in [5.74, 6) is 0. The van der Waals surface area contributed by atoms with Crippen LogP contribution in [0.15, 0.2) is 36.4 Å². The van der Waals surface area contributed by atoms with Gasteiger partial charge in [-0.2, -0.15) is 0 Å². The fourth-order valence-corrected chi connectivity index (χ4v) is 5.70. The Morgan fingerprint density at radius 3 is 1.50 bits per heavy atom. The molecule has 0 atom stereocenters. The zero-order valence-corrected chi connectivity index (χ0v) is 23.8. The van der Waals surface area contributed by atoms with E-state index in [0.717, 1.165) is 12.8 Å². The molecular weight excluding hydrogens is 439 g/mol. The smallest absolute Gasteiger partial charge is 0.0894 e. The SMILES string of the molecule is CCCCCCCCCCCCCCCCc1ccc2ccccc2c1CCCCCCCCCF. The third-order valence-corrected chi connectivity index (χ3v) is 8.00. The largest absolute Gasteiger partial charge is 0.251 e. The van der Waals surface area contributed by atoms with E-state index in [9.17, 15) is 4.39 Å². The van der Waals surface area contributed by atoms with Crippen LogP contribution in [-0.2, 0) is 12.8 Å². The number of rotatable bonds is 24. The van der Waals surface area contributed by atoms with Crippen LogP contribution in [0, 0.1) is 0 Å². The quantitative estimate of drug-likeness (QED) is 0.127. The third kappa shape index (κ3) is 13.8. The monoisotopic (exact) mass is 496 g/mol. The maximum atomic E-state index is 12.2. The second-order valence-corrected chi connectivity index (χ2v) is 11.2. The van der Waals surface area contributed by atoms with Crippen molar-refractivity contribution in [3.8, 4) is 0 Å². The van der Waals surface area contributed by atoms with E-state index in [-0.39, 0.29) is 6.67 Å². The van der Waals surface area contributed by atoms with Crippen LogP contribution >= 0.6 is 0 Å². The molecule has 0 aliphatic rings. The first-order chi connectivity index (χ1) is 17.9. The van der Waals surface area contributed by atoms with Crippen molar-refractivity contribution in [1.29, 1.82) is 0 Å². The van der Waals surface area contributed by atoms with E-state index in [1.54, 1.807) is 11.1 Å². The number of benzene rings is 2. The highest BCUT2D eigenvalue weighted by molar-refractivity contribution is 5.86. The van der Waals surface area contributed by atoms with E-state index in [2.05, 4.69) is 43.3 Å². The fourth-order valence-electron chi connectivity index (χ4n) is 5.70. The van der Waals surface area contributed by atoms with Gasteiger partial charge in [0.25, 0.3) is 0 Å². The van der Waals surface area contributed by atoms with E-state index < -0.39 is 0 Å². The number of fused-ring (bicyclic) bond motifs is 1. The second kappa shape index (κ2) is 21.7. The molecule has 0 unspecified atom stereocenters. The van der Waals surface area contributed by atoms with Gasteiger partial charge >= 0.3 is 0 Å². The summed E-state index contributed by atoms with van der Waals surface area (Å²) in [4.78, 5) is 0. The molecule has 204 valence electrons. The van der Waals surface area contributed by atoms with Crippen molar-refractivity contribution in [2.45, 2.75) is 155 Å². The second-order valence-electron chi connectivity index (χ2n) is 11.2. The molecule has 0 aliphatic heterocycles. The summed E-state index contributed by atoms with van der Waals surface area (Å²) in [6, 6.07) is 13.7. The summed E-state index contributed by atoms with van der Waals surface area (Å²) in [6.45, 7) is 2.15. The van der Waals surface area contributed by atoms with E-state index in [4.69, 9.17) is 0 Å². The Kier molecular flexibility index (Phi) is 18.6. The first-order valence-corrected chi connectivity index (χ1v) is 15.9. The molecule has 0 radical (unpaired) electrons. The van der Waals surface area contributed by atoms with Gasteiger partial charge in [0.1, 0.15) is 0 Å². The predicted molar refractivity (Wildman–Crippen MR) is 160 cm³/mol. The molecule has 36 heavy (non-hydrogen) atoms. The van der Waals surface area contributed by atoms with Gasteiger partial charge in [0.05, 0.1) is 6.67 Å². The van der Waals surface area contributed by atoms with Crippen LogP contribution in [0.5, 0.6) is 0 Å². The zero-order chi connectivity index (χ0) is 25.5. The van der Waals surface area contributed by atoms with Crippen LogP contribution in [0.1, 0.15) is 153 Å². The summed E-state index contributed by atoms with van der Waals surface area (Å²) < 4.78 is 12.2. The molecule has 2 rings (SSSR count). The van der Waals surface area contributed by atoms with Crippen molar-refractivity contribution in [3.05, 3.63) is 47.5 Å². The van der Waals surface area contributed by atoms with Gasteiger partial charge in [0, 0.05) is 0 Å². The lowest BCUT2D eigenvalue weighted by Crippen LogP contribution is -1.97. The standard InChI is InChI=1S/C35H57F/c1-2-3-4-5-6-7-8-9-10-11-12-14-17-20-25-32-29-30-33-26-22-23-28-35(33)34(32)27-21-18-15-13-16-19-24-31-36/h22-23,26,28-30H,2-21,24-25,27,31H2,1H3. The normalized spacial score (nSPS) is 11.5. The lowest BCUT2D eigenvalue weighted by Gasteiger charge is -2.14. The van der Waals surface area contributed by atoms with E-state index >= 15 is 0 Å². The van der Waals surface area contributed by atoms with E-state index in [0.29, 0.717) is 0 Å².